The van der Waals surface area contributed by atoms with E-state index in [-0.39, 0.29) is 0 Å². The molecule has 2 rings (SSSR count). The van der Waals surface area contributed by atoms with Crippen LogP contribution in [0.3, 0.4) is 0 Å². The van der Waals surface area contributed by atoms with Crippen LogP contribution in [0.4, 0.5) is 0 Å². The van der Waals surface area contributed by atoms with E-state index < -0.39 is 5.66 Å². The molecule has 1 aromatic heterocycles. The first-order valence-corrected chi connectivity index (χ1v) is 4.28. The second-order valence-corrected chi connectivity index (χ2v) is 3.27. The Labute approximate surface area is 80.7 Å². The Hall–Kier alpha value is -1.14. The van der Waals surface area contributed by atoms with Gasteiger partial charge in [0.1, 0.15) is 5.66 Å². The number of rotatable bonds is 1. The van der Waals surface area contributed by atoms with Crippen molar-refractivity contribution in [2.24, 2.45) is 5.73 Å². The van der Waals surface area contributed by atoms with Gasteiger partial charge in [0.05, 0.1) is 0 Å². The highest BCUT2D eigenvalue weighted by Crippen LogP contribution is 2.21. The molecule has 0 radical (unpaired) electrons. The number of hydrogen-bond donors (Lipinski definition) is 2. The minimum Gasteiger partial charge on any atom is -0.303 e. The molecule has 0 bridgehead atoms. The lowest BCUT2D eigenvalue weighted by Crippen LogP contribution is -2.42. The molecule has 13 heavy (non-hydrogen) atoms. The molecule has 1 aliphatic rings. The summed E-state index contributed by atoms with van der Waals surface area (Å²) in [6.07, 6.45) is 8.30. The highest BCUT2D eigenvalue weighted by atomic mass is 32.1. The van der Waals surface area contributed by atoms with Crippen LogP contribution in [0.2, 0.25) is 0 Å². The summed E-state index contributed by atoms with van der Waals surface area (Å²) < 4.78 is 1.50. The second-order valence-electron chi connectivity index (χ2n) is 2.87. The summed E-state index contributed by atoms with van der Waals surface area (Å²) in [5, 5.41) is 11.4. The summed E-state index contributed by atoms with van der Waals surface area (Å²) in [6, 6.07) is 0. The van der Waals surface area contributed by atoms with Crippen LogP contribution in [0.15, 0.2) is 29.5 Å². The van der Waals surface area contributed by atoms with E-state index >= 15 is 0 Å². The van der Waals surface area contributed by atoms with Crippen LogP contribution >= 0.6 is 12.6 Å². The van der Waals surface area contributed by atoms with Crippen LogP contribution in [0.5, 0.6) is 0 Å². The smallest absolute Gasteiger partial charge is 0.208 e. The molecular weight excluding hydrogens is 186 g/mol. The molecule has 2 N–H and O–H groups in total. The second kappa shape index (κ2) is 2.97. The lowest BCUT2D eigenvalue weighted by molar-refractivity contribution is 0.315. The molecule has 0 aromatic carbocycles. The number of thiol groups is 1. The summed E-state index contributed by atoms with van der Waals surface area (Å²) in [4.78, 5) is 0. The molecule has 6 heteroatoms. The molecule has 1 aromatic rings. The van der Waals surface area contributed by atoms with Crippen molar-refractivity contribution in [2.45, 2.75) is 17.2 Å². The van der Waals surface area contributed by atoms with Gasteiger partial charge in [-0.1, -0.05) is 18.2 Å². The molecule has 0 amide bonds. The number of nitrogens with zero attached hydrogens (tertiary/aromatic N) is 4. The highest BCUT2D eigenvalue weighted by Gasteiger charge is 2.27. The van der Waals surface area contributed by atoms with Gasteiger partial charge in [0, 0.05) is 6.42 Å². The van der Waals surface area contributed by atoms with Gasteiger partial charge in [-0.3, -0.25) is 0 Å². The van der Waals surface area contributed by atoms with Crippen molar-refractivity contribution < 1.29 is 0 Å². The van der Waals surface area contributed by atoms with E-state index in [0.717, 1.165) is 0 Å². The van der Waals surface area contributed by atoms with Crippen molar-refractivity contribution in [1.82, 2.24) is 20.2 Å². The average molecular weight is 195 g/mol. The first-order chi connectivity index (χ1) is 6.22. The van der Waals surface area contributed by atoms with E-state index in [9.17, 15) is 0 Å². The number of tetrazole rings is 1. The van der Waals surface area contributed by atoms with Crippen molar-refractivity contribution in [2.75, 3.05) is 0 Å². The third-order valence-electron chi connectivity index (χ3n) is 1.92. The fourth-order valence-corrected chi connectivity index (χ4v) is 1.50. The van der Waals surface area contributed by atoms with Crippen molar-refractivity contribution in [3.8, 4) is 0 Å². The molecule has 0 aliphatic heterocycles. The van der Waals surface area contributed by atoms with Crippen LogP contribution in [0.1, 0.15) is 6.42 Å². The molecule has 1 heterocycles. The predicted octanol–water partition coefficient (Wildman–Crippen LogP) is 0.0894. The summed E-state index contributed by atoms with van der Waals surface area (Å²) >= 11 is 4.10. The predicted molar refractivity (Wildman–Crippen MR) is 50.1 cm³/mol. The first kappa shape index (κ1) is 8.46. The quantitative estimate of drug-likeness (QED) is 0.623. The standard InChI is InChI=1S/C7H9N5S/c8-7(4-2-1-3-5-7)12-6(13)9-10-11-12/h1-4H,5,8H2,(H,9,11,13). The Kier molecular flexibility index (Phi) is 1.93. The van der Waals surface area contributed by atoms with Crippen LogP contribution in [-0.2, 0) is 5.66 Å². The van der Waals surface area contributed by atoms with Gasteiger partial charge in [0.15, 0.2) is 0 Å². The van der Waals surface area contributed by atoms with E-state index in [2.05, 4.69) is 28.2 Å². The van der Waals surface area contributed by atoms with Gasteiger partial charge in [0.25, 0.3) is 0 Å². The lowest BCUT2D eigenvalue weighted by Gasteiger charge is -2.26. The van der Waals surface area contributed by atoms with Crippen molar-refractivity contribution in [3.05, 3.63) is 24.3 Å². The molecule has 1 unspecified atom stereocenters. The van der Waals surface area contributed by atoms with Crippen molar-refractivity contribution in [1.29, 1.82) is 0 Å². The Morgan fingerprint density at radius 1 is 1.54 bits per heavy atom. The molecule has 5 nitrogen and oxygen atoms in total. The Morgan fingerprint density at radius 2 is 2.38 bits per heavy atom. The zero-order chi connectivity index (χ0) is 9.31. The summed E-state index contributed by atoms with van der Waals surface area (Å²) in [5.41, 5.74) is 5.39. The summed E-state index contributed by atoms with van der Waals surface area (Å²) in [6.45, 7) is 0. The number of allylic oxidation sites excluding steroid dienone is 2. The largest absolute Gasteiger partial charge is 0.303 e. The van der Waals surface area contributed by atoms with Crippen LogP contribution in [-0.4, -0.2) is 20.2 Å². The van der Waals surface area contributed by atoms with Gasteiger partial charge >= 0.3 is 0 Å². The van der Waals surface area contributed by atoms with Gasteiger partial charge in [0.2, 0.25) is 5.16 Å². The lowest BCUT2D eigenvalue weighted by atomic mass is 10.0. The van der Waals surface area contributed by atoms with Crippen molar-refractivity contribution in [3.63, 3.8) is 0 Å². The zero-order valence-electron chi connectivity index (χ0n) is 6.83. The first-order valence-electron chi connectivity index (χ1n) is 3.83. The van der Waals surface area contributed by atoms with Crippen LogP contribution in [0.25, 0.3) is 0 Å². The third kappa shape index (κ3) is 1.38. The van der Waals surface area contributed by atoms with E-state index in [1.54, 1.807) is 0 Å². The monoisotopic (exact) mass is 195 g/mol. The molecular formula is C7H9N5S. The highest BCUT2D eigenvalue weighted by molar-refractivity contribution is 7.80. The SMILES string of the molecule is NC1(n2nnnc2S)C=CC=CC1. The summed E-state index contributed by atoms with van der Waals surface area (Å²) in [7, 11) is 0. The van der Waals surface area contributed by atoms with Crippen molar-refractivity contribution >= 4 is 12.6 Å². The Bertz CT molecular complexity index is 369. The van der Waals surface area contributed by atoms with Gasteiger partial charge in [-0.25, -0.2) is 0 Å². The number of aromatic nitrogens is 4. The maximum absolute atomic E-state index is 6.06. The summed E-state index contributed by atoms with van der Waals surface area (Å²) in [5.74, 6) is 0. The van der Waals surface area contributed by atoms with E-state index in [0.29, 0.717) is 11.6 Å². The van der Waals surface area contributed by atoms with Crippen LogP contribution in [0, 0.1) is 0 Å². The molecule has 1 aliphatic carbocycles. The Morgan fingerprint density at radius 3 is 2.92 bits per heavy atom. The fourth-order valence-electron chi connectivity index (χ4n) is 1.23. The minimum atomic E-state index is -0.671. The third-order valence-corrected chi connectivity index (χ3v) is 2.20. The maximum atomic E-state index is 6.06. The molecule has 0 saturated carbocycles. The zero-order valence-corrected chi connectivity index (χ0v) is 7.72. The molecule has 1 atom stereocenters. The van der Waals surface area contributed by atoms with E-state index in [1.807, 2.05) is 24.3 Å². The van der Waals surface area contributed by atoms with Gasteiger partial charge in [-0.2, -0.15) is 4.68 Å². The van der Waals surface area contributed by atoms with Gasteiger partial charge < -0.3 is 5.73 Å². The van der Waals surface area contributed by atoms with Gasteiger partial charge in [-0.15, -0.1) is 17.7 Å². The van der Waals surface area contributed by atoms with E-state index in [4.69, 9.17) is 5.73 Å². The number of hydrogen-bond acceptors (Lipinski definition) is 5. The minimum absolute atomic E-state index is 0.419. The molecule has 0 spiro atoms. The topological polar surface area (TPSA) is 69.6 Å². The molecule has 68 valence electrons. The number of nitrogens with two attached hydrogens (primary N) is 1. The molecule has 0 fully saturated rings. The van der Waals surface area contributed by atoms with Crippen LogP contribution < -0.4 is 5.73 Å². The van der Waals surface area contributed by atoms with Gasteiger partial charge in [-0.05, 0) is 16.5 Å². The van der Waals surface area contributed by atoms with E-state index in [1.165, 1.54) is 4.68 Å². The normalized spacial score (nSPS) is 26.6. The maximum Gasteiger partial charge on any atom is 0.208 e. The molecule has 0 saturated heterocycles. The fraction of sp³-hybridized carbons (Fsp3) is 0.286. The Balaban J connectivity index is 2.40. The average Bonchev–Trinajstić information content (AvgIpc) is 2.53.